The zero-order chi connectivity index (χ0) is 11.4. The second-order valence-electron chi connectivity index (χ2n) is 3.28. The Morgan fingerprint density at radius 1 is 1.38 bits per heavy atom. The molecule has 16 heavy (non-hydrogen) atoms. The van der Waals surface area contributed by atoms with E-state index in [4.69, 9.17) is 10.4 Å². The third kappa shape index (κ3) is 1.92. The quantitative estimate of drug-likeness (QED) is 0.821. The molecule has 0 aliphatic heterocycles. The number of hydrogen-bond donors (Lipinski definition) is 1. The average molecular weight is 214 g/mol. The molecule has 5 heteroatoms. The van der Waals surface area contributed by atoms with E-state index < -0.39 is 0 Å². The van der Waals surface area contributed by atoms with Gasteiger partial charge in [0.2, 0.25) is 0 Å². The van der Waals surface area contributed by atoms with Crippen molar-refractivity contribution in [1.29, 1.82) is 5.26 Å². The zero-order valence-electron chi connectivity index (χ0n) is 8.54. The molecule has 0 fully saturated rings. The smallest absolute Gasteiger partial charge is 0.109 e. The van der Waals surface area contributed by atoms with Gasteiger partial charge in [0.15, 0.2) is 0 Å². The first-order valence-corrected chi connectivity index (χ1v) is 4.82. The summed E-state index contributed by atoms with van der Waals surface area (Å²) in [5, 5.41) is 25.3. The number of para-hydroxylation sites is 1. The van der Waals surface area contributed by atoms with Crippen molar-refractivity contribution < 1.29 is 5.11 Å². The molecule has 2 rings (SSSR count). The van der Waals surface area contributed by atoms with Gasteiger partial charge in [-0.2, -0.15) is 5.26 Å². The Labute approximate surface area is 92.6 Å². The number of nitrogens with zero attached hydrogens (tertiary/aromatic N) is 4. The van der Waals surface area contributed by atoms with E-state index in [0.29, 0.717) is 12.1 Å². The Hall–Kier alpha value is -2.19. The number of nitriles is 1. The second-order valence-corrected chi connectivity index (χ2v) is 3.28. The molecule has 80 valence electrons. The van der Waals surface area contributed by atoms with Gasteiger partial charge in [-0.25, -0.2) is 4.68 Å². The van der Waals surface area contributed by atoms with Crippen LogP contribution in [-0.4, -0.2) is 20.1 Å². The predicted molar refractivity (Wildman–Crippen MR) is 56.6 cm³/mol. The van der Waals surface area contributed by atoms with Crippen LogP contribution in [0.1, 0.15) is 11.3 Å². The summed E-state index contributed by atoms with van der Waals surface area (Å²) in [5.41, 5.74) is 2.21. The summed E-state index contributed by atoms with van der Waals surface area (Å²) in [6, 6.07) is 9.59. The molecular weight excluding hydrogens is 204 g/mol. The van der Waals surface area contributed by atoms with Crippen molar-refractivity contribution in [3.8, 4) is 11.8 Å². The van der Waals surface area contributed by atoms with Crippen molar-refractivity contribution in [3.05, 3.63) is 41.7 Å². The fourth-order valence-corrected chi connectivity index (χ4v) is 1.46. The normalized spacial score (nSPS) is 10.0. The van der Waals surface area contributed by atoms with Gasteiger partial charge in [0.05, 0.1) is 31.0 Å². The number of hydrogen-bond acceptors (Lipinski definition) is 4. The molecule has 0 saturated heterocycles. The summed E-state index contributed by atoms with van der Waals surface area (Å²) < 4.78 is 1.57. The first kappa shape index (κ1) is 10.3. The molecule has 0 saturated carbocycles. The highest BCUT2D eigenvalue weighted by atomic mass is 16.3. The van der Waals surface area contributed by atoms with E-state index in [2.05, 4.69) is 16.4 Å². The standard InChI is InChI=1S/C11H10N4O/c12-6-5-9-3-1-2-4-11(9)15-7-10(8-16)13-14-15/h1-4,7,16H,5,8H2. The Kier molecular flexibility index (Phi) is 2.94. The maximum Gasteiger partial charge on any atom is 0.109 e. The predicted octanol–water partition coefficient (Wildman–Crippen LogP) is 0.826. The van der Waals surface area contributed by atoms with Crippen molar-refractivity contribution in [2.24, 2.45) is 0 Å². The van der Waals surface area contributed by atoms with Crippen molar-refractivity contribution in [2.75, 3.05) is 0 Å². The van der Waals surface area contributed by atoms with E-state index in [1.165, 1.54) is 0 Å². The van der Waals surface area contributed by atoms with Crippen molar-refractivity contribution in [2.45, 2.75) is 13.0 Å². The Bertz CT molecular complexity index is 527. The second kappa shape index (κ2) is 4.55. The highest BCUT2D eigenvalue weighted by molar-refractivity contribution is 5.41. The summed E-state index contributed by atoms with van der Waals surface area (Å²) in [6.45, 7) is -0.138. The van der Waals surface area contributed by atoms with Gasteiger partial charge in [-0.05, 0) is 11.6 Å². The molecule has 2 aromatic rings. The minimum atomic E-state index is -0.138. The van der Waals surface area contributed by atoms with Crippen LogP contribution in [0.4, 0.5) is 0 Å². The summed E-state index contributed by atoms with van der Waals surface area (Å²) in [7, 11) is 0. The van der Waals surface area contributed by atoms with Crippen LogP contribution in [-0.2, 0) is 13.0 Å². The van der Waals surface area contributed by atoms with Crippen LogP contribution in [0.25, 0.3) is 5.69 Å². The van der Waals surface area contributed by atoms with Crippen LogP contribution >= 0.6 is 0 Å². The molecule has 0 bridgehead atoms. The van der Waals surface area contributed by atoms with Gasteiger partial charge in [0.25, 0.3) is 0 Å². The fraction of sp³-hybridized carbons (Fsp3) is 0.182. The van der Waals surface area contributed by atoms with Gasteiger partial charge in [0.1, 0.15) is 5.69 Å². The molecule has 1 aromatic carbocycles. The van der Waals surface area contributed by atoms with E-state index >= 15 is 0 Å². The molecule has 1 N–H and O–H groups in total. The topological polar surface area (TPSA) is 74.7 Å². The maximum atomic E-state index is 8.90. The lowest BCUT2D eigenvalue weighted by Gasteiger charge is -2.04. The van der Waals surface area contributed by atoms with Gasteiger partial charge < -0.3 is 5.11 Å². The number of aliphatic hydroxyl groups is 1. The molecule has 0 spiro atoms. The van der Waals surface area contributed by atoms with Gasteiger partial charge in [-0.3, -0.25) is 0 Å². The SMILES string of the molecule is N#CCc1ccccc1-n1cc(CO)nn1. The van der Waals surface area contributed by atoms with Crippen LogP contribution in [0.2, 0.25) is 0 Å². The van der Waals surface area contributed by atoms with Crippen LogP contribution < -0.4 is 0 Å². The lowest BCUT2D eigenvalue weighted by Crippen LogP contribution is -1.99. The molecule has 0 amide bonds. The lowest BCUT2D eigenvalue weighted by atomic mass is 10.1. The Morgan fingerprint density at radius 2 is 2.19 bits per heavy atom. The molecule has 0 aliphatic carbocycles. The molecule has 0 radical (unpaired) electrons. The molecular formula is C11H10N4O. The average Bonchev–Trinajstić information content (AvgIpc) is 2.79. The zero-order valence-corrected chi connectivity index (χ0v) is 8.54. The Morgan fingerprint density at radius 3 is 2.88 bits per heavy atom. The molecule has 5 nitrogen and oxygen atoms in total. The first-order chi connectivity index (χ1) is 7.85. The van der Waals surface area contributed by atoms with Crippen molar-refractivity contribution in [1.82, 2.24) is 15.0 Å². The number of benzene rings is 1. The number of aliphatic hydroxyl groups excluding tert-OH is 1. The van der Waals surface area contributed by atoms with Gasteiger partial charge >= 0.3 is 0 Å². The summed E-state index contributed by atoms with van der Waals surface area (Å²) in [6.07, 6.45) is 1.97. The summed E-state index contributed by atoms with van der Waals surface area (Å²) >= 11 is 0. The third-order valence-electron chi connectivity index (χ3n) is 2.21. The molecule has 1 heterocycles. The van der Waals surface area contributed by atoms with Crippen LogP contribution in [0, 0.1) is 11.3 Å². The maximum absolute atomic E-state index is 8.90. The van der Waals surface area contributed by atoms with E-state index in [1.54, 1.807) is 10.9 Å². The minimum absolute atomic E-state index is 0.138. The van der Waals surface area contributed by atoms with Crippen molar-refractivity contribution >= 4 is 0 Å². The number of aromatic nitrogens is 3. The van der Waals surface area contributed by atoms with Crippen LogP contribution in [0.5, 0.6) is 0 Å². The van der Waals surface area contributed by atoms with E-state index in [1.807, 2.05) is 24.3 Å². The summed E-state index contributed by atoms with van der Waals surface area (Å²) in [4.78, 5) is 0. The monoisotopic (exact) mass is 214 g/mol. The highest BCUT2D eigenvalue weighted by Crippen LogP contribution is 2.13. The van der Waals surface area contributed by atoms with Crippen molar-refractivity contribution in [3.63, 3.8) is 0 Å². The number of rotatable bonds is 3. The van der Waals surface area contributed by atoms with E-state index in [9.17, 15) is 0 Å². The first-order valence-electron chi connectivity index (χ1n) is 4.82. The van der Waals surface area contributed by atoms with Crippen LogP contribution in [0.15, 0.2) is 30.5 Å². The molecule has 0 atom stereocenters. The fourth-order valence-electron chi connectivity index (χ4n) is 1.46. The third-order valence-corrected chi connectivity index (χ3v) is 2.21. The largest absolute Gasteiger partial charge is 0.390 e. The molecule has 0 unspecified atom stereocenters. The summed E-state index contributed by atoms with van der Waals surface area (Å²) in [5.74, 6) is 0. The Balaban J connectivity index is 2.43. The molecule has 0 aliphatic rings. The minimum Gasteiger partial charge on any atom is -0.390 e. The van der Waals surface area contributed by atoms with Gasteiger partial charge in [-0.15, -0.1) is 5.10 Å². The van der Waals surface area contributed by atoms with Gasteiger partial charge in [0, 0.05) is 0 Å². The highest BCUT2D eigenvalue weighted by Gasteiger charge is 2.06. The van der Waals surface area contributed by atoms with E-state index in [-0.39, 0.29) is 6.61 Å². The van der Waals surface area contributed by atoms with Crippen LogP contribution in [0.3, 0.4) is 0 Å². The van der Waals surface area contributed by atoms with Gasteiger partial charge in [-0.1, -0.05) is 23.4 Å². The lowest BCUT2D eigenvalue weighted by molar-refractivity contribution is 0.276. The molecule has 1 aromatic heterocycles. The van der Waals surface area contributed by atoms with E-state index in [0.717, 1.165) is 11.3 Å².